The summed E-state index contributed by atoms with van der Waals surface area (Å²) in [5.74, 6) is -1.58. The normalized spacial score (nSPS) is 14.5. The van der Waals surface area contributed by atoms with Gasteiger partial charge in [-0.3, -0.25) is 32.5 Å². The van der Waals surface area contributed by atoms with Gasteiger partial charge in [0.2, 0.25) is 0 Å². The first kappa shape index (κ1) is 121. The van der Waals surface area contributed by atoms with Crippen LogP contribution in [0.25, 0.3) is 0 Å². The Kier molecular flexibility index (Phi) is 94.6. The first-order chi connectivity index (χ1) is 62.2. The first-order valence-electron chi connectivity index (χ1n) is 50.4. The van der Waals surface area contributed by atoms with Crippen molar-refractivity contribution in [3.8, 4) is 0 Å². The lowest BCUT2D eigenvalue weighted by molar-refractivity contribution is -0.161. The van der Waals surface area contributed by atoms with Crippen LogP contribution in [-0.4, -0.2) is 95.9 Å². The van der Waals surface area contributed by atoms with Crippen LogP contribution in [0, 0.1) is 0 Å². The number of rotatable bonds is 94. The van der Waals surface area contributed by atoms with Crippen molar-refractivity contribution >= 4 is 33.6 Å². The third kappa shape index (κ3) is 101. The van der Waals surface area contributed by atoms with Crippen LogP contribution >= 0.6 is 15.6 Å². The van der Waals surface area contributed by atoms with Gasteiger partial charge in [-0.1, -0.05) is 426 Å². The Balaban J connectivity index is 4.61. The summed E-state index contributed by atoms with van der Waals surface area (Å²) in [6, 6.07) is 0. The number of unbranched alkanes of at least 4 members (excludes halogenated alkanes) is 37. The summed E-state index contributed by atoms with van der Waals surface area (Å²) < 4.78 is 61.7. The predicted octanol–water partition coefficient (Wildman–Crippen LogP) is 31.9. The highest BCUT2D eigenvalue weighted by Crippen LogP contribution is 2.45. The number of hydrogen-bond donors (Lipinski definition) is 4. The monoisotopic (exact) mass is 1810 g/mol. The van der Waals surface area contributed by atoms with Gasteiger partial charge in [0.25, 0.3) is 0 Å². The molecule has 0 aliphatic rings. The van der Waals surface area contributed by atoms with E-state index in [-0.39, 0.29) is 19.3 Å². The number of phosphoric ester groups is 2. The van der Waals surface area contributed by atoms with E-state index in [2.05, 4.69) is 227 Å². The minimum Gasteiger partial charge on any atom is -0.463 e. The Morgan fingerprint density at radius 2 is 0.394 bits per heavy atom. The molecule has 0 fully saturated rings. The number of carbonyl (C=O) groups excluding carboxylic acids is 3. The number of allylic oxidation sites excluding steroid dienone is 34. The molecule has 4 N–H and O–H groups in total. The summed E-state index contributed by atoms with van der Waals surface area (Å²) >= 11 is 0. The van der Waals surface area contributed by atoms with Crippen molar-refractivity contribution in [3.05, 3.63) is 207 Å². The fourth-order valence-electron chi connectivity index (χ4n) is 13.5. The summed E-state index contributed by atoms with van der Waals surface area (Å²) in [4.78, 5) is 59.2. The van der Waals surface area contributed by atoms with E-state index in [1.165, 1.54) is 135 Å². The van der Waals surface area contributed by atoms with Gasteiger partial charge in [0.1, 0.15) is 25.4 Å². The first-order valence-corrected chi connectivity index (χ1v) is 53.4. The molecule has 18 heteroatoms. The van der Waals surface area contributed by atoms with Crippen LogP contribution in [0.15, 0.2) is 207 Å². The fraction of sp³-hybridized carbons (Fsp3) is 0.661. The van der Waals surface area contributed by atoms with Crippen molar-refractivity contribution in [3.63, 3.8) is 0 Å². The highest BCUT2D eigenvalue weighted by atomic mass is 31.2. The molecule has 0 aromatic carbocycles. The molecule has 127 heavy (non-hydrogen) atoms. The number of carbonyl (C=O) groups is 3. The third-order valence-corrected chi connectivity index (χ3v) is 22.9. The van der Waals surface area contributed by atoms with Crippen LogP contribution in [0.5, 0.6) is 0 Å². The molecule has 0 aliphatic heterocycles. The molecular formula is C109H182O16P2. The lowest BCUT2D eigenvalue weighted by Crippen LogP contribution is -2.30. The Bertz CT molecular complexity index is 3140. The van der Waals surface area contributed by atoms with Crippen LogP contribution < -0.4 is 0 Å². The van der Waals surface area contributed by atoms with Crippen LogP contribution in [0.3, 0.4) is 0 Å². The summed E-state index contributed by atoms with van der Waals surface area (Å²) in [7, 11) is -9.83. The zero-order valence-corrected chi connectivity index (χ0v) is 81.9. The SMILES string of the molecule is CC/C=C\C/C=C\C/C=C\C/C=C\C/C=C\C/C=C\CCCCCCCCCCCCC(=O)OCC(COP(=O)(O)OCC(O)COP(=O)(O)OCC(O)COC(=O)CCCCCCCCCCCCCCCCCCCCC/C=C\C/C=C\C/C=C\C/C=C\C/C=C\CC)OC(=O)CCCCCCCCCC/C=C\C/C=C\C/C=C\C/C=C\C/C=C\C/C=C\CC. The lowest BCUT2D eigenvalue weighted by atomic mass is 10.0. The maximum absolute atomic E-state index is 13.1. The van der Waals surface area contributed by atoms with E-state index in [0.29, 0.717) is 19.3 Å². The number of aliphatic hydroxyl groups excluding tert-OH is 2. The van der Waals surface area contributed by atoms with E-state index in [1.54, 1.807) is 0 Å². The summed E-state index contributed by atoms with van der Waals surface area (Å²) in [6.07, 6.45) is 135. The van der Waals surface area contributed by atoms with Gasteiger partial charge in [-0.25, -0.2) is 9.13 Å². The molecule has 0 aliphatic carbocycles. The van der Waals surface area contributed by atoms with Crippen LogP contribution in [-0.2, 0) is 55.8 Å². The molecule has 5 unspecified atom stereocenters. The predicted molar refractivity (Wildman–Crippen MR) is 537 cm³/mol. The average molecular weight is 1810 g/mol. The van der Waals surface area contributed by atoms with Crippen molar-refractivity contribution in [2.45, 2.75) is 424 Å². The molecule has 0 heterocycles. The average Bonchev–Trinajstić information content (AvgIpc) is 0.901. The van der Waals surface area contributed by atoms with Gasteiger partial charge in [-0.2, -0.15) is 0 Å². The number of hydrogen-bond acceptors (Lipinski definition) is 14. The summed E-state index contributed by atoms with van der Waals surface area (Å²) in [6.45, 7) is 2.38. The van der Waals surface area contributed by atoms with Crippen LogP contribution in [0.2, 0.25) is 0 Å². The molecule has 0 rings (SSSR count). The van der Waals surface area contributed by atoms with Crippen LogP contribution in [0.1, 0.15) is 406 Å². The number of phosphoric acid groups is 2. The van der Waals surface area contributed by atoms with Crippen LogP contribution in [0.4, 0.5) is 0 Å². The van der Waals surface area contributed by atoms with Crippen molar-refractivity contribution in [2.75, 3.05) is 39.6 Å². The minimum atomic E-state index is -4.96. The van der Waals surface area contributed by atoms with Crippen molar-refractivity contribution in [2.24, 2.45) is 0 Å². The second-order valence-corrected chi connectivity index (χ2v) is 36.0. The Morgan fingerprint density at radius 3 is 0.622 bits per heavy atom. The molecule has 0 aromatic rings. The highest BCUT2D eigenvalue weighted by molar-refractivity contribution is 7.47. The number of esters is 3. The Labute approximate surface area is 775 Å². The van der Waals surface area contributed by atoms with E-state index < -0.39 is 91.5 Å². The molecular weight excluding hydrogens is 1630 g/mol. The largest absolute Gasteiger partial charge is 0.472 e. The second kappa shape index (κ2) is 99.1. The molecule has 724 valence electrons. The summed E-state index contributed by atoms with van der Waals surface area (Å²) in [5, 5.41) is 20.8. The molecule has 0 radical (unpaired) electrons. The number of aliphatic hydroxyl groups is 2. The highest BCUT2D eigenvalue weighted by Gasteiger charge is 2.30. The van der Waals surface area contributed by atoms with Gasteiger partial charge in [0.05, 0.1) is 26.4 Å². The van der Waals surface area contributed by atoms with E-state index in [1.807, 2.05) is 0 Å². The van der Waals surface area contributed by atoms with Gasteiger partial charge in [-0.05, 0) is 167 Å². The van der Waals surface area contributed by atoms with E-state index in [0.717, 1.165) is 212 Å². The van der Waals surface area contributed by atoms with Gasteiger partial charge in [0, 0.05) is 19.3 Å². The fourth-order valence-corrected chi connectivity index (χ4v) is 15.1. The molecule has 0 saturated heterocycles. The third-order valence-electron chi connectivity index (χ3n) is 21.0. The molecule has 0 saturated carbocycles. The van der Waals surface area contributed by atoms with Crippen molar-refractivity contribution in [1.82, 2.24) is 0 Å². The van der Waals surface area contributed by atoms with Crippen molar-refractivity contribution in [1.29, 1.82) is 0 Å². The number of ether oxygens (including phenoxy) is 3. The lowest BCUT2D eigenvalue weighted by Gasteiger charge is -2.21. The summed E-state index contributed by atoms with van der Waals surface area (Å²) in [5.41, 5.74) is 0. The smallest absolute Gasteiger partial charge is 0.463 e. The molecule has 0 aromatic heterocycles. The maximum atomic E-state index is 13.1. The topological polar surface area (TPSA) is 231 Å². The molecule has 0 spiro atoms. The maximum Gasteiger partial charge on any atom is 0.472 e. The van der Waals surface area contributed by atoms with E-state index in [4.69, 9.17) is 32.3 Å². The van der Waals surface area contributed by atoms with E-state index in [9.17, 15) is 43.5 Å². The minimum absolute atomic E-state index is 0.0866. The quantitative estimate of drug-likeness (QED) is 0.0146. The Morgan fingerprint density at radius 1 is 0.220 bits per heavy atom. The Hall–Kier alpha value is -5.87. The molecule has 5 atom stereocenters. The van der Waals surface area contributed by atoms with Gasteiger partial charge in [0.15, 0.2) is 6.10 Å². The van der Waals surface area contributed by atoms with Gasteiger partial charge >= 0.3 is 33.6 Å². The standard InChI is InChI=1S/C109H182O16P2/c1-4-7-10-13-16-19-22-25-28-31-34-37-40-43-46-48-49-50-51-52-53-55-58-59-62-65-68-71-74-77-80-83-86-89-92-95-107(112)119-98-104(110)99-121-126(115,116)122-100-105(111)101-123-127(117,118)124-103-106(125-109(114)97-94-91-88-85-82-79-76-73-70-67-64-61-56-45-42-39-36-33-30-27-24-21-18-15-12-9-6-3)102-120-108(113)96-93-90-87-84-81-78-75-72-69-66-63-60-57-54-47-44-41-38-35-32-29-26-23-20-17-14-11-8-5-2/h7-12,16-21,25-30,34-39,43-47,56-57,60,64,67,104-106,110-111H,4-6,13-15,22-24,31-33,40-42,48-55,58-59,61-63,65-66,68-103H2,1-3H3,(H,115,116)(H,117,118)/b10-7-,11-8-,12-9-,19-16-,20-17-,21-18-,28-25-,29-26-,30-27-,37-34-,38-35-,39-36-,46-43-,47-44-,56-45-,60-57-,67-64-. The molecule has 16 nitrogen and oxygen atoms in total. The zero-order valence-electron chi connectivity index (χ0n) is 80.1. The van der Waals surface area contributed by atoms with E-state index >= 15 is 0 Å². The van der Waals surface area contributed by atoms with Gasteiger partial charge in [-0.15, -0.1) is 0 Å². The second-order valence-electron chi connectivity index (χ2n) is 33.1. The van der Waals surface area contributed by atoms with Crippen molar-refractivity contribution < 1.29 is 75.8 Å². The van der Waals surface area contributed by atoms with Gasteiger partial charge < -0.3 is 34.2 Å². The molecule has 0 bridgehead atoms. The molecule has 0 amide bonds. The zero-order chi connectivity index (χ0) is 92.1.